The van der Waals surface area contributed by atoms with E-state index in [2.05, 4.69) is 24.0 Å². The molecule has 2 unspecified atom stereocenters. The van der Waals surface area contributed by atoms with E-state index in [4.69, 9.17) is 15.7 Å². The second kappa shape index (κ2) is 6.38. The van der Waals surface area contributed by atoms with Gasteiger partial charge in [-0.2, -0.15) is 0 Å². The molecule has 0 spiro atoms. The molecule has 0 aromatic heterocycles. The first kappa shape index (κ1) is 15.2. The number of nitrogens with two attached hydrogens (primary N) is 1. The molecule has 0 radical (unpaired) electrons. The van der Waals surface area contributed by atoms with Crippen LogP contribution in [0.25, 0.3) is 0 Å². The molecule has 1 aliphatic rings. The summed E-state index contributed by atoms with van der Waals surface area (Å²) in [7, 11) is 2.15. The van der Waals surface area contributed by atoms with Crippen LogP contribution in [0, 0.1) is 5.41 Å². The van der Waals surface area contributed by atoms with Crippen LogP contribution in [0.15, 0.2) is 5.16 Å². The Kier molecular flexibility index (Phi) is 5.41. The number of hydrogen-bond acceptors (Lipinski definition) is 4. The van der Waals surface area contributed by atoms with Crippen LogP contribution in [0.3, 0.4) is 0 Å². The molecule has 0 aromatic carbocycles. The summed E-state index contributed by atoms with van der Waals surface area (Å²) in [6.07, 6.45) is 3.38. The lowest BCUT2D eigenvalue weighted by molar-refractivity contribution is 0.0826. The lowest BCUT2D eigenvalue weighted by Gasteiger charge is -2.28. The molecule has 0 aromatic rings. The summed E-state index contributed by atoms with van der Waals surface area (Å²) in [5, 5.41) is 11.8. The van der Waals surface area contributed by atoms with E-state index in [0.717, 1.165) is 32.4 Å². The van der Waals surface area contributed by atoms with Crippen molar-refractivity contribution in [2.24, 2.45) is 16.3 Å². The highest BCUT2D eigenvalue weighted by atomic mass is 16.5. The van der Waals surface area contributed by atoms with E-state index >= 15 is 0 Å². The molecule has 1 saturated heterocycles. The van der Waals surface area contributed by atoms with Crippen LogP contribution < -0.4 is 5.73 Å². The van der Waals surface area contributed by atoms with E-state index in [0.29, 0.717) is 18.0 Å². The van der Waals surface area contributed by atoms with Gasteiger partial charge in [0.1, 0.15) is 5.84 Å². The summed E-state index contributed by atoms with van der Waals surface area (Å²) >= 11 is 0. The highest BCUT2D eigenvalue weighted by Gasteiger charge is 2.28. The van der Waals surface area contributed by atoms with Crippen molar-refractivity contribution in [3.8, 4) is 0 Å². The Morgan fingerprint density at radius 1 is 1.56 bits per heavy atom. The Labute approximate surface area is 110 Å². The predicted octanol–water partition coefficient (Wildman–Crippen LogP) is 1.65. The predicted molar refractivity (Wildman–Crippen MR) is 72.9 cm³/mol. The summed E-state index contributed by atoms with van der Waals surface area (Å²) < 4.78 is 5.58. The van der Waals surface area contributed by atoms with Crippen molar-refractivity contribution in [2.45, 2.75) is 52.2 Å². The Morgan fingerprint density at radius 2 is 2.22 bits per heavy atom. The molecule has 5 heteroatoms. The summed E-state index contributed by atoms with van der Waals surface area (Å²) in [6.45, 7) is 8.02. The molecule has 3 N–H and O–H groups in total. The SMILES string of the molecule is CC1OCCC1N(C)CCCC(C)(C)C(N)=NO. The number of rotatable bonds is 6. The topological polar surface area (TPSA) is 71.1 Å². The van der Waals surface area contributed by atoms with E-state index < -0.39 is 0 Å². The van der Waals surface area contributed by atoms with Crippen molar-refractivity contribution >= 4 is 5.84 Å². The van der Waals surface area contributed by atoms with Crippen LogP contribution in [0.2, 0.25) is 0 Å². The van der Waals surface area contributed by atoms with Crippen LogP contribution in [0.1, 0.15) is 40.0 Å². The van der Waals surface area contributed by atoms with Crippen LogP contribution in [-0.2, 0) is 4.74 Å². The lowest BCUT2D eigenvalue weighted by atomic mass is 9.86. The molecule has 2 atom stereocenters. The average Bonchev–Trinajstić information content (AvgIpc) is 2.74. The molecule has 0 amide bonds. The van der Waals surface area contributed by atoms with Gasteiger partial charge in [0.25, 0.3) is 0 Å². The molecule has 1 rings (SSSR count). The number of hydrogen-bond donors (Lipinski definition) is 2. The molecular formula is C13H27N3O2. The number of amidine groups is 1. The Hall–Kier alpha value is -0.810. The van der Waals surface area contributed by atoms with E-state index in [1.54, 1.807) is 0 Å². The van der Waals surface area contributed by atoms with Gasteiger partial charge in [0.2, 0.25) is 0 Å². The van der Waals surface area contributed by atoms with Crippen LogP contribution in [0.4, 0.5) is 0 Å². The maximum absolute atomic E-state index is 8.72. The highest BCUT2D eigenvalue weighted by Crippen LogP contribution is 2.24. The van der Waals surface area contributed by atoms with Gasteiger partial charge in [0.15, 0.2) is 0 Å². The summed E-state index contributed by atoms with van der Waals surface area (Å²) in [5.41, 5.74) is 5.44. The van der Waals surface area contributed by atoms with E-state index in [1.807, 2.05) is 13.8 Å². The summed E-state index contributed by atoms with van der Waals surface area (Å²) in [5.74, 6) is 0.308. The Balaban J connectivity index is 2.33. The maximum Gasteiger partial charge on any atom is 0.144 e. The van der Waals surface area contributed by atoms with E-state index in [9.17, 15) is 0 Å². The second-order valence-electron chi connectivity index (χ2n) is 5.89. The third-order valence-electron chi connectivity index (χ3n) is 4.02. The van der Waals surface area contributed by atoms with Crippen molar-refractivity contribution in [2.75, 3.05) is 20.2 Å². The second-order valence-corrected chi connectivity index (χ2v) is 5.89. The first-order valence-electron chi connectivity index (χ1n) is 6.68. The minimum Gasteiger partial charge on any atom is -0.409 e. The van der Waals surface area contributed by atoms with Crippen LogP contribution >= 0.6 is 0 Å². The van der Waals surface area contributed by atoms with E-state index in [-0.39, 0.29) is 5.41 Å². The smallest absolute Gasteiger partial charge is 0.144 e. The standard InChI is InChI=1S/C13H27N3O2/c1-10-11(6-9-18-10)16(4)8-5-7-13(2,3)12(14)15-17/h10-11,17H,5-9H2,1-4H3,(H2,14,15). The van der Waals surface area contributed by atoms with Gasteiger partial charge in [0, 0.05) is 18.1 Å². The van der Waals surface area contributed by atoms with Gasteiger partial charge >= 0.3 is 0 Å². The quantitative estimate of drug-likeness (QED) is 0.328. The first-order valence-corrected chi connectivity index (χ1v) is 6.68. The minimum absolute atomic E-state index is 0.243. The third-order valence-corrected chi connectivity index (χ3v) is 4.02. The van der Waals surface area contributed by atoms with Gasteiger partial charge in [-0.1, -0.05) is 19.0 Å². The summed E-state index contributed by atoms with van der Waals surface area (Å²) in [4.78, 5) is 2.36. The van der Waals surface area contributed by atoms with Gasteiger partial charge in [0.05, 0.1) is 6.10 Å². The fraction of sp³-hybridized carbons (Fsp3) is 0.923. The largest absolute Gasteiger partial charge is 0.409 e. The molecule has 106 valence electrons. The molecule has 0 aliphatic carbocycles. The monoisotopic (exact) mass is 257 g/mol. The van der Waals surface area contributed by atoms with Gasteiger partial charge < -0.3 is 20.6 Å². The van der Waals surface area contributed by atoms with Gasteiger partial charge in [-0.05, 0) is 39.8 Å². The molecule has 0 saturated carbocycles. The van der Waals surface area contributed by atoms with Crippen LogP contribution in [-0.4, -0.2) is 48.3 Å². The zero-order valence-corrected chi connectivity index (χ0v) is 12.0. The van der Waals surface area contributed by atoms with Crippen molar-refractivity contribution in [3.63, 3.8) is 0 Å². The zero-order valence-electron chi connectivity index (χ0n) is 12.0. The Bertz CT molecular complexity index is 292. The molecule has 5 nitrogen and oxygen atoms in total. The van der Waals surface area contributed by atoms with Gasteiger partial charge in [-0.3, -0.25) is 0 Å². The molecular weight excluding hydrogens is 230 g/mol. The van der Waals surface area contributed by atoms with Gasteiger partial charge in [-0.15, -0.1) is 0 Å². The molecule has 0 bridgehead atoms. The molecule has 1 fully saturated rings. The van der Waals surface area contributed by atoms with E-state index in [1.165, 1.54) is 0 Å². The molecule has 18 heavy (non-hydrogen) atoms. The number of likely N-dealkylation sites (N-methyl/N-ethyl adjacent to an activating group) is 1. The number of nitrogens with zero attached hydrogens (tertiary/aromatic N) is 2. The van der Waals surface area contributed by atoms with Crippen LogP contribution in [0.5, 0.6) is 0 Å². The summed E-state index contributed by atoms with van der Waals surface area (Å²) in [6, 6.07) is 0.525. The Morgan fingerprint density at radius 3 is 2.72 bits per heavy atom. The van der Waals surface area contributed by atoms with Crippen molar-refractivity contribution in [3.05, 3.63) is 0 Å². The normalized spacial score (nSPS) is 25.9. The fourth-order valence-electron chi connectivity index (χ4n) is 2.50. The molecule has 1 aliphatic heterocycles. The average molecular weight is 257 g/mol. The zero-order chi connectivity index (χ0) is 13.8. The lowest BCUT2D eigenvalue weighted by Crippen LogP contribution is -2.38. The number of ether oxygens (including phenoxy) is 1. The van der Waals surface area contributed by atoms with Crippen molar-refractivity contribution in [1.29, 1.82) is 0 Å². The van der Waals surface area contributed by atoms with Crippen molar-refractivity contribution < 1.29 is 9.94 Å². The first-order chi connectivity index (χ1) is 8.38. The molecule has 1 heterocycles. The van der Waals surface area contributed by atoms with Crippen molar-refractivity contribution in [1.82, 2.24) is 4.90 Å². The third kappa shape index (κ3) is 3.85. The fourth-order valence-corrected chi connectivity index (χ4v) is 2.50. The highest BCUT2D eigenvalue weighted by molar-refractivity contribution is 5.85. The number of oxime groups is 1. The minimum atomic E-state index is -0.243. The maximum atomic E-state index is 8.72. The van der Waals surface area contributed by atoms with Gasteiger partial charge in [-0.25, -0.2) is 0 Å².